The fraction of sp³-hybridized carbons (Fsp3) is 0.439. The lowest BCUT2D eigenvalue weighted by atomic mass is 9.84. The number of ether oxygens (including phenoxy) is 8. The second-order valence-corrected chi connectivity index (χ2v) is 24.1. The Morgan fingerprint density at radius 2 is 0.800 bits per heavy atom. The molecule has 0 bridgehead atoms. The van der Waals surface area contributed by atoms with Crippen LogP contribution in [0.5, 0.6) is 0 Å². The number of hydrogen-bond acceptors (Lipinski definition) is 19. The third-order valence-corrected chi connectivity index (χ3v) is 17.5. The Morgan fingerprint density at radius 3 is 1.15 bits per heavy atom. The number of phosphoric acid groups is 2. The standard InChI is InChI=1S/C57H70FO19P3/c1-62-41-65-51-52(66-42-63-2)55(76-79(60,70-36-45-24-12-5-13-25-45)71-37-46-26-14-6-15-27-46)56(77-80(61,72-38-47-28-16-7-17-29-47)73-39-48-30-18-8-19-31-48)53(67-43-64-3)54(51)75-78(59,69-35-44-22-10-4-11-23-44)50(58)34-49-40-68-57(74-49)32-20-9-21-33-57/h4-8,10-19,22-31,34,49,51-56H,9,20-21,32-33,35-43H2,1-3H3/b50-34+/t49-,51?,52?,53?,54+,55+,56?,78?/m0/s1. The molecule has 0 N–H and O–H groups in total. The fourth-order valence-corrected chi connectivity index (χ4v) is 13.4. The van der Waals surface area contributed by atoms with Gasteiger partial charge in [-0.3, -0.25) is 40.8 Å². The Labute approximate surface area is 466 Å². The van der Waals surface area contributed by atoms with Crippen LogP contribution in [0.25, 0.3) is 0 Å². The third-order valence-electron chi connectivity index (χ3n) is 13.1. The number of halogens is 1. The maximum atomic E-state index is 17.6. The van der Waals surface area contributed by atoms with Crippen molar-refractivity contribution in [3.63, 3.8) is 0 Å². The van der Waals surface area contributed by atoms with Crippen LogP contribution in [0.3, 0.4) is 0 Å². The summed E-state index contributed by atoms with van der Waals surface area (Å²) in [5, 5.41) is 0. The Morgan fingerprint density at radius 1 is 0.475 bits per heavy atom. The molecule has 8 rings (SSSR count). The second kappa shape index (κ2) is 30.9. The van der Waals surface area contributed by atoms with E-state index in [2.05, 4.69) is 0 Å². The molecule has 23 heteroatoms. The van der Waals surface area contributed by atoms with Gasteiger partial charge in [0, 0.05) is 34.2 Å². The highest BCUT2D eigenvalue weighted by atomic mass is 31.2. The predicted octanol–water partition coefficient (Wildman–Crippen LogP) is 12.5. The molecule has 5 aromatic carbocycles. The first-order chi connectivity index (χ1) is 38.9. The molecule has 1 aliphatic heterocycles. The number of hydrogen-bond donors (Lipinski definition) is 0. The van der Waals surface area contributed by atoms with Crippen molar-refractivity contribution >= 4 is 23.2 Å². The highest BCUT2D eigenvalue weighted by molar-refractivity contribution is 7.58. The SMILES string of the molecule is COCOC1C(OCOC)[C@@H](OP(=O)(OCc2ccccc2)/C(F)=C/[C@H]2COC3(CCCCC3)O2)C(OCOC)C(OP(=O)(OCc2ccccc2)OCc2ccccc2)[C@@H]1OP(=O)(OCc1ccccc1)OCc1ccccc1. The predicted molar refractivity (Wildman–Crippen MR) is 290 cm³/mol. The first-order valence-electron chi connectivity index (χ1n) is 26.2. The van der Waals surface area contributed by atoms with Gasteiger partial charge in [-0.25, -0.2) is 9.13 Å². The monoisotopic (exact) mass is 1170 g/mol. The molecule has 19 nitrogen and oxygen atoms in total. The molecule has 434 valence electrons. The van der Waals surface area contributed by atoms with Crippen LogP contribution in [-0.2, 0) is 121 Å². The molecular formula is C57H70FO19P3. The average molecular weight is 1170 g/mol. The van der Waals surface area contributed by atoms with Crippen molar-refractivity contribution in [2.24, 2.45) is 0 Å². The van der Waals surface area contributed by atoms with Crippen LogP contribution in [-0.4, -0.2) is 96.8 Å². The largest absolute Gasteiger partial charge is 0.475 e. The molecule has 3 aliphatic rings. The zero-order valence-electron chi connectivity index (χ0n) is 44.9. The van der Waals surface area contributed by atoms with Gasteiger partial charge < -0.3 is 37.9 Å². The van der Waals surface area contributed by atoms with E-state index in [1.54, 1.807) is 152 Å². The highest BCUT2D eigenvalue weighted by Gasteiger charge is 2.61. The summed E-state index contributed by atoms with van der Waals surface area (Å²) in [6.45, 7) is -3.30. The summed E-state index contributed by atoms with van der Waals surface area (Å²) in [6.07, 6.45) is -6.91. The first-order valence-corrected chi connectivity index (χ1v) is 30.7. The molecule has 1 heterocycles. The van der Waals surface area contributed by atoms with Crippen molar-refractivity contribution < 1.29 is 92.2 Å². The highest BCUT2D eigenvalue weighted by Crippen LogP contribution is 2.63. The van der Waals surface area contributed by atoms with Crippen molar-refractivity contribution in [1.29, 1.82) is 0 Å². The van der Waals surface area contributed by atoms with Crippen molar-refractivity contribution in [2.75, 3.05) is 48.3 Å². The summed E-state index contributed by atoms with van der Waals surface area (Å²) < 4.78 is 164. The van der Waals surface area contributed by atoms with Gasteiger partial charge in [0.25, 0.3) is 0 Å². The maximum Gasteiger partial charge on any atom is 0.475 e. The van der Waals surface area contributed by atoms with Crippen LogP contribution in [0.2, 0.25) is 0 Å². The lowest BCUT2D eigenvalue weighted by Gasteiger charge is -2.49. The average Bonchev–Trinajstić information content (AvgIpc) is 3.90. The summed E-state index contributed by atoms with van der Waals surface area (Å²) in [4.78, 5) is 0. The maximum absolute atomic E-state index is 17.6. The fourth-order valence-electron chi connectivity index (χ4n) is 9.19. The van der Waals surface area contributed by atoms with Gasteiger partial charge in [-0.05, 0) is 46.7 Å². The van der Waals surface area contributed by atoms with Gasteiger partial charge in [-0.15, -0.1) is 0 Å². The topological polar surface area (TPSA) is 199 Å². The minimum atomic E-state index is -5.27. The van der Waals surface area contributed by atoms with E-state index in [1.165, 1.54) is 21.3 Å². The van der Waals surface area contributed by atoms with E-state index in [1.807, 2.05) is 0 Å². The summed E-state index contributed by atoms with van der Waals surface area (Å²) in [6, 6.07) is 44.0. The molecule has 5 aromatic rings. The quantitative estimate of drug-likeness (QED) is 0.0290. The summed E-state index contributed by atoms with van der Waals surface area (Å²) in [5.41, 5.74) is 1.52. The molecule has 5 unspecified atom stereocenters. The minimum Gasteiger partial charge on any atom is -0.359 e. The number of benzene rings is 5. The Bertz CT molecular complexity index is 2670. The smallest absolute Gasteiger partial charge is 0.359 e. The number of methoxy groups -OCH3 is 3. The van der Waals surface area contributed by atoms with Crippen LogP contribution in [0.4, 0.5) is 4.39 Å². The molecule has 0 aromatic heterocycles. The van der Waals surface area contributed by atoms with Gasteiger partial charge in [0.2, 0.25) is 5.57 Å². The van der Waals surface area contributed by atoms with E-state index in [9.17, 15) is 0 Å². The van der Waals surface area contributed by atoms with Crippen molar-refractivity contribution in [1.82, 2.24) is 0 Å². The van der Waals surface area contributed by atoms with Gasteiger partial charge in [0.1, 0.15) is 63.1 Å². The van der Waals surface area contributed by atoms with Gasteiger partial charge in [0.05, 0.1) is 39.6 Å². The first kappa shape index (κ1) is 61.9. The molecule has 1 saturated heterocycles. The van der Waals surface area contributed by atoms with E-state index in [4.69, 9.17) is 74.1 Å². The van der Waals surface area contributed by atoms with Gasteiger partial charge in [-0.1, -0.05) is 158 Å². The van der Waals surface area contributed by atoms with Crippen LogP contribution in [0.15, 0.2) is 163 Å². The van der Waals surface area contributed by atoms with E-state index in [0.29, 0.717) is 40.7 Å². The molecule has 2 saturated carbocycles. The molecule has 80 heavy (non-hydrogen) atoms. The third kappa shape index (κ3) is 17.9. The van der Waals surface area contributed by atoms with Crippen molar-refractivity contribution in [3.8, 4) is 0 Å². The van der Waals surface area contributed by atoms with E-state index in [0.717, 1.165) is 25.3 Å². The molecule has 2 aliphatic carbocycles. The summed E-state index contributed by atoms with van der Waals surface area (Å²) in [5.74, 6) is -0.934. The normalized spacial score (nSPS) is 23.2. The molecule has 3 fully saturated rings. The molecule has 0 amide bonds. The Balaban J connectivity index is 1.27. The van der Waals surface area contributed by atoms with Gasteiger partial charge in [-0.2, -0.15) is 4.39 Å². The zero-order valence-corrected chi connectivity index (χ0v) is 47.6. The van der Waals surface area contributed by atoms with Gasteiger partial charge >= 0.3 is 23.2 Å². The number of phosphoric ester groups is 2. The van der Waals surface area contributed by atoms with Crippen molar-refractivity contribution in [3.05, 3.63) is 191 Å². The minimum absolute atomic E-state index is 0.0451. The van der Waals surface area contributed by atoms with Crippen LogP contribution >= 0.6 is 23.2 Å². The Kier molecular flexibility index (Phi) is 23.9. The molecule has 0 radical (unpaired) electrons. The lowest BCUT2D eigenvalue weighted by Crippen LogP contribution is -2.67. The Hall–Kier alpha value is -4.18. The van der Waals surface area contributed by atoms with Crippen LogP contribution in [0, 0.1) is 0 Å². The molecular weight excluding hydrogens is 1100 g/mol. The van der Waals surface area contributed by atoms with Crippen molar-refractivity contribution in [2.45, 2.75) is 114 Å². The van der Waals surface area contributed by atoms with Crippen LogP contribution in [0.1, 0.15) is 59.9 Å². The zero-order chi connectivity index (χ0) is 56.1. The van der Waals surface area contributed by atoms with Gasteiger partial charge in [0.15, 0.2) is 5.79 Å². The van der Waals surface area contributed by atoms with Crippen LogP contribution < -0.4 is 0 Å². The lowest BCUT2D eigenvalue weighted by molar-refractivity contribution is -0.278. The second-order valence-electron chi connectivity index (χ2n) is 18.9. The van der Waals surface area contributed by atoms with E-state index < -0.39 is 104 Å². The molecule has 8 atom stereocenters. The van der Waals surface area contributed by atoms with E-state index in [-0.39, 0.29) is 33.0 Å². The molecule has 1 spiro atoms. The number of rotatable bonds is 32. The summed E-state index contributed by atoms with van der Waals surface area (Å²) >= 11 is 0. The summed E-state index contributed by atoms with van der Waals surface area (Å²) in [7, 11) is -11.2. The van der Waals surface area contributed by atoms with E-state index >= 15 is 18.1 Å².